The van der Waals surface area contributed by atoms with Gasteiger partial charge in [0.15, 0.2) is 11.6 Å². The fourth-order valence-corrected chi connectivity index (χ4v) is 5.65. The van der Waals surface area contributed by atoms with E-state index < -0.39 is 0 Å². The second-order valence-electron chi connectivity index (χ2n) is 8.64. The molecule has 0 radical (unpaired) electrons. The topological polar surface area (TPSA) is 32.3 Å². The summed E-state index contributed by atoms with van der Waals surface area (Å²) in [6.45, 7) is 9.30. The van der Waals surface area contributed by atoms with E-state index in [1.54, 1.807) is 0 Å². The number of para-hydroxylation sites is 4. The molecular weight excluding hydrogens is 392 g/mol. The van der Waals surface area contributed by atoms with Crippen molar-refractivity contribution in [2.45, 2.75) is 38.3 Å². The predicted molar refractivity (Wildman–Crippen MR) is 132 cm³/mol. The Labute approximate surface area is 188 Å². The van der Waals surface area contributed by atoms with Gasteiger partial charge < -0.3 is 0 Å². The molecule has 2 aliphatic rings. The lowest BCUT2D eigenvalue weighted by Crippen LogP contribution is -2.50. The fraction of sp³-hybridized carbons (Fsp3) is 0.214. The molecule has 158 valence electrons. The Hall–Kier alpha value is -3.66. The number of anilines is 4. The summed E-state index contributed by atoms with van der Waals surface area (Å²) in [7, 11) is 0. The molecule has 0 N–H and O–H groups in total. The van der Waals surface area contributed by atoms with Gasteiger partial charge in [0, 0.05) is 16.8 Å². The van der Waals surface area contributed by atoms with Gasteiger partial charge in [-0.1, -0.05) is 69.0 Å². The lowest BCUT2D eigenvalue weighted by molar-refractivity contribution is 0.425. The van der Waals surface area contributed by atoms with E-state index in [-0.39, 0.29) is 11.6 Å². The maximum absolute atomic E-state index is 5.13. The summed E-state index contributed by atoms with van der Waals surface area (Å²) in [4.78, 5) is 14.9. The highest BCUT2D eigenvalue weighted by atomic mass is 15.5. The van der Waals surface area contributed by atoms with Crippen LogP contribution in [0.5, 0.6) is 0 Å². The van der Waals surface area contributed by atoms with Crippen molar-refractivity contribution >= 4 is 34.0 Å². The number of rotatable bonds is 3. The normalized spacial score (nSPS) is 18.4. The number of fused-ring (bicyclic) bond motifs is 6. The van der Waals surface area contributed by atoms with Crippen molar-refractivity contribution in [3.05, 3.63) is 96.6 Å². The first-order chi connectivity index (χ1) is 15.7. The summed E-state index contributed by atoms with van der Waals surface area (Å²) in [5.41, 5.74) is 6.57. The smallest absolute Gasteiger partial charge is 0.179 e. The van der Waals surface area contributed by atoms with Crippen LogP contribution >= 0.6 is 0 Å². The van der Waals surface area contributed by atoms with E-state index in [0.717, 1.165) is 41.2 Å². The quantitative estimate of drug-likeness (QED) is 0.340. The molecule has 32 heavy (non-hydrogen) atoms. The standard InChI is InChI=1S/C28H26N4/c1-4-28(5-2)19(3)27-31(20-13-7-6-8-14-20)25-26(30-23-17-11-10-16-22(23)29-25)32(27)24-18-12-9-15-21(24)28/h6-18,27H,3-5H2,1-2H3. The van der Waals surface area contributed by atoms with E-state index in [0.29, 0.717) is 0 Å². The lowest BCUT2D eigenvalue weighted by atomic mass is 9.66. The third-order valence-electron chi connectivity index (χ3n) is 7.33. The largest absolute Gasteiger partial charge is 0.298 e. The van der Waals surface area contributed by atoms with Crippen molar-refractivity contribution in [3.63, 3.8) is 0 Å². The lowest BCUT2D eigenvalue weighted by Gasteiger charge is -2.49. The summed E-state index contributed by atoms with van der Waals surface area (Å²) in [5, 5.41) is 0. The van der Waals surface area contributed by atoms with Crippen LogP contribution in [-0.2, 0) is 5.41 Å². The summed E-state index contributed by atoms with van der Waals surface area (Å²) in [6.07, 6.45) is 1.94. The minimum absolute atomic E-state index is 0.0704. The average molecular weight is 419 g/mol. The van der Waals surface area contributed by atoms with Crippen LogP contribution < -0.4 is 9.80 Å². The van der Waals surface area contributed by atoms with Gasteiger partial charge in [0.1, 0.15) is 6.17 Å². The summed E-state index contributed by atoms with van der Waals surface area (Å²) >= 11 is 0. The zero-order chi connectivity index (χ0) is 21.9. The van der Waals surface area contributed by atoms with Crippen LogP contribution in [0.3, 0.4) is 0 Å². The molecule has 0 bridgehead atoms. The second-order valence-corrected chi connectivity index (χ2v) is 8.64. The van der Waals surface area contributed by atoms with E-state index in [9.17, 15) is 0 Å². The first-order valence-electron chi connectivity index (χ1n) is 11.4. The minimum Gasteiger partial charge on any atom is -0.298 e. The molecule has 0 spiro atoms. The van der Waals surface area contributed by atoms with Crippen molar-refractivity contribution in [2.24, 2.45) is 0 Å². The van der Waals surface area contributed by atoms with Crippen molar-refractivity contribution in [3.8, 4) is 0 Å². The van der Waals surface area contributed by atoms with Gasteiger partial charge in [-0.3, -0.25) is 9.80 Å². The Bertz CT molecular complexity index is 1340. The maximum atomic E-state index is 5.13. The Kier molecular flexibility index (Phi) is 4.12. The summed E-state index contributed by atoms with van der Waals surface area (Å²) in [6, 6.07) is 27.4. The number of hydrogen-bond acceptors (Lipinski definition) is 4. The van der Waals surface area contributed by atoms with Crippen LogP contribution in [0, 0.1) is 0 Å². The monoisotopic (exact) mass is 418 g/mol. The molecule has 0 fully saturated rings. The Balaban J connectivity index is 1.70. The molecule has 0 aliphatic carbocycles. The summed E-state index contributed by atoms with van der Waals surface area (Å²) < 4.78 is 0. The molecule has 6 rings (SSSR count). The molecule has 4 nitrogen and oxygen atoms in total. The molecule has 0 saturated carbocycles. The van der Waals surface area contributed by atoms with Crippen molar-refractivity contribution in [2.75, 3.05) is 9.80 Å². The van der Waals surface area contributed by atoms with Gasteiger partial charge in [0.2, 0.25) is 0 Å². The Morgan fingerprint density at radius 2 is 1.31 bits per heavy atom. The van der Waals surface area contributed by atoms with Crippen molar-refractivity contribution in [1.29, 1.82) is 0 Å². The molecular formula is C28H26N4. The SMILES string of the molecule is C=C1C2N(c3ccccc3)c3nc4ccccc4nc3N2c2ccccc2C1(CC)CC. The molecule has 4 heteroatoms. The second kappa shape index (κ2) is 6.92. The van der Waals surface area contributed by atoms with Crippen LogP contribution in [0.15, 0.2) is 91.0 Å². The van der Waals surface area contributed by atoms with Gasteiger partial charge in [-0.05, 0) is 54.3 Å². The summed E-state index contributed by atoms with van der Waals surface area (Å²) in [5.74, 6) is 1.78. The molecule has 1 aromatic heterocycles. The third-order valence-corrected chi connectivity index (χ3v) is 7.33. The highest BCUT2D eigenvalue weighted by Crippen LogP contribution is 2.58. The van der Waals surface area contributed by atoms with E-state index in [1.165, 1.54) is 16.8 Å². The number of hydrogen-bond donors (Lipinski definition) is 0. The molecule has 3 heterocycles. The first-order valence-corrected chi connectivity index (χ1v) is 11.4. The van der Waals surface area contributed by atoms with E-state index in [2.05, 4.69) is 78.2 Å². The van der Waals surface area contributed by atoms with Gasteiger partial charge in [-0.2, -0.15) is 0 Å². The van der Waals surface area contributed by atoms with Crippen LogP contribution in [-0.4, -0.2) is 16.1 Å². The predicted octanol–water partition coefficient (Wildman–Crippen LogP) is 6.87. The van der Waals surface area contributed by atoms with Gasteiger partial charge >= 0.3 is 0 Å². The maximum Gasteiger partial charge on any atom is 0.179 e. The van der Waals surface area contributed by atoms with Gasteiger partial charge in [0.25, 0.3) is 0 Å². The van der Waals surface area contributed by atoms with E-state index >= 15 is 0 Å². The minimum atomic E-state index is -0.0910. The molecule has 0 saturated heterocycles. The zero-order valence-corrected chi connectivity index (χ0v) is 18.5. The first kappa shape index (κ1) is 19.1. The van der Waals surface area contributed by atoms with Gasteiger partial charge in [-0.15, -0.1) is 0 Å². The number of benzene rings is 3. The third kappa shape index (κ3) is 2.38. The van der Waals surface area contributed by atoms with Crippen LogP contribution in [0.25, 0.3) is 11.0 Å². The van der Waals surface area contributed by atoms with Crippen LogP contribution in [0.2, 0.25) is 0 Å². The Morgan fingerprint density at radius 3 is 1.97 bits per heavy atom. The number of nitrogens with zero attached hydrogens (tertiary/aromatic N) is 4. The van der Waals surface area contributed by atoms with E-state index in [4.69, 9.17) is 16.5 Å². The molecule has 1 atom stereocenters. The highest BCUT2D eigenvalue weighted by Gasteiger charge is 2.52. The van der Waals surface area contributed by atoms with Gasteiger partial charge in [-0.25, -0.2) is 9.97 Å². The van der Waals surface area contributed by atoms with E-state index in [1.807, 2.05) is 24.3 Å². The molecule has 1 unspecified atom stereocenters. The number of aromatic nitrogens is 2. The van der Waals surface area contributed by atoms with Crippen LogP contribution in [0.1, 0.15) is 32.3 Å². The zero-order valence-electron chi connectivity index (χ0n) is 18.5. The van der Waals surface area contributed by atoms with Crippen molar-refractivity contribution in [1.82, 2.24) is 9.97 Å². The van der Waals surface area contributed by atoms with Crippen LogP contribution in [0.4, 0.5) is 23.0 Å². The Morgan fingerprint density at radius 1 is 0.750 bits per heavy atom. The molecule has 2 aliphatic heterocycles. The van der Waals surface area contributed by atoms with Crippen molar-refractivity contribution < 1.29 is 0 Å². The molecule has 4 aromatic rings. The fourth-order valence-electron chi connectivity index (χ4n) is 5.65. The van der Waals surface area contributed by atoms with Gasteiger partial charge in [0.05, 0.1) is 11.0 Å². The average Bonchev–Trinajstić information content (AvgIpc) is 3.18. The molecule has 0 amide bonds. The highest BCUT2D eigenvalue weighted by molar-refractivity contribution is 5.92. The molecule has 3 aromatic carbocycles.